The van der Waals surface area contributed by atoms with Gasteiger partial charge in [-0.05, 0) is 20.8 Å². The molecule has 0 aromatic heterocycles. The van der Waals surface area contributed by atoms with Crippen molar-refractivity contribution in [1.82, 2.24) is 0 Å². The topological polar surface area (TPSA) is 18.5 Å². The van der Waals surface area contributed by atoms with Crippen LogP contribution in [0.2, 0.25) is 0 Å². The first-order valence-corrected chi connectivity index (χ1v) is 3.92. The van der Waals surface area contributed by atoms with Crippen molar-refractivity contribution in [3.8, 4) is 0 Å². The van der Waals surface area contributed by atoms with Crippen LogP contribution in [0.5, 0.6) is 0 Å². The Morgan fingerprint density at radius 2 is 1.17 bits per heavy atom. The lowest BCUT2D eigenvalue weighted by Crippen LogP contribution is -1.84. The van der Waals surface area contributed by atoms with E-state index in [-0.39, 0.29) is 0 Å². The highest BCUT2D eigenvalue weighted by molar-refractivity contribution is 4.07. The molecule has 0 aliphatic rings. The SMILES string of the molecule is CCOCC.CCOCF.CF. The zero-order valence-corrected chi connectivity index (χ0v) is 8.40. The quantitative estimate of drug-likeness (QED) is 0.671. The maximum absolute atomic E-state index is 10.8. The summed E-state index contributed by atoms with van der Waals surface area (Å²) in [5.74, 6) is 0. The first-order valence-electron chi connectivity index (χ1n) is 3.92. The summed E-state index contributed by atoms with van der Waals surface area (Å²) in [4.78, 5) is 0. The van der Waals surface area contributed by atoms with Crippen molar-refractivity contribution in [2.75, 3.05) is 33.9 Å². The molecule has 0 bridgehead atoms. The van der Waals surface area contributed by atoms with Crippen molar-refractivity contribution in [1.29, 1.82) is 0 Å². The van der Waals surface area contributed by atoms with Crippen molar-refractivity contribution in [3.05, 3.63) is 0 Å². The number of rotatable bonds is 4. The fourth-order valence-corrected chi connectivity index (χ4v) is 0.281. The number of alkyl halides is 2. The van der Waals surface area contributed by atoms with Gasteiger partial charge in [0, 0.05) is 19.8 Å². The Hall–Kier alpha value is -0.220. The van der Waals surface area contributed by atoms with Crippen molar-refractivity contribution in [3.63, 3.8) is 0 Å². The molecule has 12 heavy (non-hydrogen) atoms. The summed E-state index contributed by atoms with van der Waals surface area (Å²) in [6.07, 6.45) is 0. The van der Waals surface area contributed by atoms with Gasteiger partial charge in [0.05, 0.1) is 7.18 Å². The smallest absolute Gasteiger partial charge is 0.188 e. The van der Waals surface area contributed by atoms with Gasteiger partial charge in [-0.2, -0.15) is 0 Å². The van der Waals surface area contributed by atoms with Gasteiger partial charge in [0.25, 0.3) is 0 Å². The molecule has 0 unspecified atom stereocenters. The van der Waals surface area contributed by atoms with Gasteiger partial charge in [-0.25, -0.2) is 4.39 Å². The first-order chi connectivity index (χ1) is 5.83. The summed E-state index contributed by atoms with van der Waals surface area (Å²) in [5, 5.41) is 0. The van der Waals surface area contributed by atoms with E-state index < -0.39 is 6.86 Å². The van der Waals surface area contributed by atoms with E-state index >= 15 is 0 Å². The molecule has 0 rings (SSSR count). The Balaban J connectivity index is -0.000000112. The van der Waals surface area contributed by atoms with Gasteiger partial charge in [0.1, 0.15) is 0 Å². The minimum atomic E-state index is -0.656. The maximum Gasteiger partial charge on any atom is 0.188 e. The van der Waals surface area contributed by atoms with E-state index in [2.05, 4.69) is 4.74 Å². The minimum absolute atomic E-state index is 0.469. The van der Waals surface area contributed by atoms with E-state index in [9.17, 15) is 8.78 Å². The fourth-order valence-electron chi connectivity index (χ4n) is 0.281. The Kier molecular flexibility index (Phi) is 45.7. The number of hydrogen-bond acceptors (Lipinski definition) is 2. The summed E-state index contributed by atoms with van der Waals surface area (Å²) in [7, 11) is 0.500. The lowest BCUT2D eigenvalue weighted by atomic mass is 10.8. The molecule has 0 heterocycles. The summed E-state index contributed by atoms with van der Waals surface area (Å²) >= 11 is 0. The van der Waals surface area contributed by atoms with E-state index in [0.717, 1.165) is 13.2 Å². The van der Waals surface area contributed by atoms with Crippen LogP contribution in [-0.4, -0.2) is 33.9 Å². The summed E-state index contributed by atoms with van der Waals surface area (Å²) in [5.41, 5.74) is 0. The van der Waals surface area contributed by atoms with Gasteiger partial charge in [0.2, 0.25) is 0 Å². The molecule has 0 aromatic carbocycles. The van der Waals surface area contributed by atoms with E-state index in [1.54, 1.807) is 6.92 Å². The molecule has 0 radical (unpaired) electrons. The van der Waals surface area contributed by atoms with Crippen molar-refractivity contribution in [2.45, 2.75) is 20.8 Å². The number of hydrogen-bond donors (Lipinski definition) is 0. The van der Waals surface area contributed by atoms with Crippen LogP contribution in [0.1, 0.15) is 20.8 Å². The predicted molar refractivity (Wildman–Crippen MR) is 46.8 cm³/mol. The molecule has 0 N–H and O–H groups in total. The molecule has 0 saturated heterocycles. The van der Waals surface area contributed by atoms with E-state index in [0.29, 0.717) is 13.8 Å². The van der Waals surface area contributed by atoms with Crippen LogP contribution in [0.25, 0.3) is 0 Å². The Morgan fingerprint density at radius 1 is 0.833 bits per heavy atom. The predicted octanol–water partition coefficient (Wildman–Crippen LogP) is 2.58. The lowest BCUT2D eigenvalue weighted by Gasteiger charge is -1.86. The van der Waals surface area contributed by atoms with Gasteiger partial charge in [-0.3, -0.25) is 4.39 Å². The molecule has 0 aliphatic heterocycles. The molecule has 0 amide bonds. The van der Waals surface area contributed by atoms with E-state index in [1.807, 2.05) is 13.8 Å². The molecule has 0 spiro atoms. The molecule has 0 fully saturated rings. The summed E-state index contributed by atoms with van der Waals surface area (Å²) < 4.78 is 29.3. The van der Waals surface area contributed by atoms with E-state index in [1.165, 1.54) is 0 Å². The molecule has 78 valence electrons. The van der Waals surface area contributed by atoms with Gasteiger partial charge in [0.15, 0.2) is 6.86 Å². The van der Waals surface area contributed by atoms with Crippen LogP contribution in [0.15, 0.2) is 0 Å². The van der Waals surface area contributed by atoms with Gasteiger partial charge in [-0.1, -0.05) is 0 Å². The van der Waals surface area contributed by atoms with Crippen molar-refractivity contribution >= 4 is 0 Å². The molecule has 2 nitrogen and oxygen atoms in total. The summed E-state index contributed by atoms with van der Waals surface area (Å²) in [6.45, 7) is 7.23. The molecular weight excluding hydrogens is 166 g/mol. The second-order valence-corrected chi connectivity index (χ2v) is 1.38. The van der Waals surface area contributed by atoms with Crippen LogP contribution < -0.4 is 0 Å². The largest absolute Gasteiger partial charge is 0.382 e. The van der Waals surface area contributed by atoms with Crippen molar-refractivity contribution in [2.24, 2.45) is 0 Å². The third-order valence-electron chi connectivity index (χ3n) is 0.690. The summed E-state index contributed by atoms with van der Waals surface area (Å²) in [6, 6.07) is 0. The Labute approximate surface area is 73.9 Å². The van der Waals surface area contributed by atoms with Gasteiger partial charge in [-0.15, -0.1) is 0 Å². The third kappa shape index (κ3) is 52.8. The van der Waals surface area contributed by atoms with Crippen LogP contribution in [0.3, 0.4) is 0 Å². The molecule has 0 aromatic rings. The van der Waals surface area contributed by atoms with Crippen LogP contribution in [0, 0.1) is 0 Å². The first kappa shape index (κ1) is 17.8. The van der Waals surface area contributed by atoms with Gasteiger partial charge >= 0.3 is 0 Å². The average molecular weight is 186 g/mol. The molecule has 0 atom stereocenters. The molecule has 0 aliphatic carbocycles. The zero-order valence-electron chi connectivity index (χ0n) is 8.40. The molecular formula is C8H20F2O2. The Bertz CT molecular complexity index is 36.0. The van der Waals surface area contributed by atoms with Crippen LogP contribution in [0.4, 0.5) is 8.78 Å². The minimum Gasteiger partial charge on any atom is -0.382 e. The van der Waals surface area contributed by atoms with E-state index in [4.69, 9.17) is 4.74 Å². The average Bonchev–Trinajstić information content (AvgIpc) is 2.12. The lowest BCUT2D eigenvalue weighted by molar-refractivity contribution is 0.0672. The second-order valence-electron chi connectivity index (χ2n) is 1.38. The van der Waals surface area contributed by atoms with Crippen LogP contribution >= 0.6 is 0 Å². The van der Waals surface area contributed by atoms with Gasteiger partial charge < -0.3 is 9.47 Å². The zero-order chi connectivity index (χ0) is 10.2. The Morgan fingerprint density at radius 3 is 1.17 bits per heavy atom. The third-order valence-corrected chi connectivity index (χ3v) is 0.690. The normalized spacial score (nSPS) is 7.50. The molecule has 0 saturated carbocycles. The number of ether oxygens (including phenoxy) is 2. The van der Waals surface area contributed by atoms with Crippen molar-refractivity contribution < 1.29 is 18.3 Å². The standard InChI is InChI=1S/C4H10O.C3H7FO.CH3F/c1-3-5-4-2;1-2-5-3-4;1-2/h3-4H2,1-2H3;2-3H2,1H3;1H3. The highest BCUT2D eigenvalue weighted by atomic mass is 19.1. The molecule has 4 heteroatoms. The second kappa shape index (κ2) is 30.9. The van der Waals surface area contributed by atoms with Crippen LogP contribution in [-0.2, 0) is 9.47 Å². The highest BCUT2D eigenvalue weighted by Crippen LogP contribution is 1.68. The highest BCUT2D eigenvalue weighted by Gasteiger charge is 1.67. The number of halogens is 2. The monoisotopic (exact) mass is 186 g/mol. The fraction of sp³-hybridized carbons (Fsp3) is 1.00. The maximum atomic E-state index is 10.8.